The van der Waals surface area contributed by atoms with Gasteiger partial charge in [0, 0.05) is 19.1 Å². The summed E-state index contributed by atoms with van der Waals surface area (Å²) < 4.78 is 16.1. The van der Waals surface area contributed by atoms with Crippen LogP contribution in [0.4, 0.5) is 4.39 Å². The molecule has 1 aromatic carbocycles. The Balaban J connectivity index is 1.85. The molecule has 0 aliphatic carbocycles. The highest BCUT2D eigenvalue weighted by Gasteiger charge is 2.25. The molecule has 5 heteroatoms. The second-order valence-corrected chi connectivity index (χ2v) is 6.33. The fourth-order valence-corrected chi connectivity index (χ4v) is 3.34. The summed E-state index contributed by atoms with van der Waals surface area (Å²) in [6.45, 7) is 7.67. The molecule has 1 fully saturated rings. The van der Waals surface area contributed by atoms with Crippen LogP contribution in [0.2, 0.25) is 0 Å². The molecule has 0 bridgehead atoms. The average Bonchev–Trinajstić information content (AvgIpc) is 2.96. The SMILES string of the molecule is CC(C)N1CCC(Cn2c(=S)[nH]c3cc(F)ccc32)C1. The molecule has 0 amide bonds. The van der Waals surface area contributed by atoms with E-state index in [-0.39, 0.29) is 5.82 Å². The first-order valence-electron chi connectivity index (χ1n) is 7.16. The molecule has 3 nitrogen and oxygen atoms in total. The Morgan fingerprint density at radius 2 is 2.25 bits per heavy atom. The predicted molar refractivity (Wildman–Crippen MR) is 81.9 cm³/mol. The van der Waals surface area contributed by atoms with Crippen molar-refractivity contribution in [2.24, 2.45) is 5.92 Å². The standard InChI is InChI=1S/C15H20FN3S/c1-10(2)18-6-5-11(8-18)9-19-14-4-3-12(16)7-13(14)17-15(19)20/h3-4,7,10-11H,5-6,8-9H2,1-2H3,(H,17,20). The van der Waals surface area contributed by atoms with Crippen molar-refractivity contribution in [3.8, 4) is 0 Å². The molecule has 3 rings (SSSR count). The zero-order chi connectivity index (χ0) is 14.3. The van der Waals surface area contributed by atoms with E-state index in [0.29, 0.717) is 16.7 Å². The topological polar surface area (TPSA) is 24.0 Å². The third-order valence-electron chi connectivity index (χ3n) is 4.22. The molecule has 1 N–H and O–H groups in total. The number of benzene rings is 1. The van der Waals surface area contributed by atoms with Crippen LogP contribution < -0.4 is 0 Å². The third-order valence-corrected chi connectivity index (χ3v) is 4.55. The molecule has 108 valence electrons. The number of nitrogens with one attached hydrogen (secondary N) is 1. The molecule has 1 atom stereocenters. The van der Waals surface area contributed by atoms with Crippen LogP contribution in [0, 0.1) is 16.5 Å². The summed E-state index contributed by atoms with van der Waals surface area (Å²) in [5, 5.41) is 0. The van der Waals surface area contributed by atoms with E-state index < -0.39 is 0 Å². The molecule has 1 aliphatic rings. The second-order valence-electron chi connectivity index (χ2n) is 5.95. The highest BCUT2D eigenvalue weighted by Crippen LogP contribution is 2.23. The number of likely N-dealkylation sites (tertiary alicyclic amines) is 1. The van der Waals surface area contributed by atoms with Crippen LogP contribution in [0.5, 0.6) is 0 Å². The summed E-state index contributed by atoms with van der Waals surface area (Å²) in [5.41, 5.74) is 1.79. The van der Waals surface area contributed by atoms with Crippen molar-refractivity contribution < 1.29 is 4.39 Å². The van der Waals surface area contributed by atoms with E-state index in [1.54, 1.807) is 0 Å². The largest absolute Gasteiger partial charge is 0.330 e. The minimum absolute atomic E-state index is 0.229. The van der Waals surface area contributed by atoms with Gasteiger partial charge in [0.2, 0.25) is 0 Å². The van der Waals surface area contributed by atoms with Gasteiger partial charge in [0.05, 0.1) is 11.0 Å². The number of H-pyrrole nitrogens is 1. The predicted octanol–water partition coefficient (Wildman–Crippen LogP) is 3.57. The smallest absolute Gasteiger partial charge is 0.178 e. The fraction of sp³-hybridized carbons (Fsp3) is 0.533. The Morgan fingerprint density at radius 3 is 2.95 bits per heavy atom. The monoisotopic (exact) mass is 293 g/mol. The van der Waals surface area contributed by atoms with Crippen molar-refractivity contribution in [3.63, 3.8) is 0 Å². The molecule has 1 aromatic heterocycles. The Kier molecular flexibility index (Phi) is 3.65. The lowest BCUT2D eigenvalue weighted by Gasteiger charge is -2.20. The van der Waals surface area contributed by atoms with Crippen LogP contribution in [-0.2, 0) is 6.54 Å². The number of halogens is 1. The van der Waals surface area contributed by atoms with Gasteiger partial charge in [-0.2, -0.15) is 0 Å². The number of hydrogen-bond donors (Lipinski definition) is 1. The Labute approximate surface area is 123 Å². The lowest BCUT2D eigenvalue weighted by Crippen LogP contribution is -2.28. The number of imidazole rings is 1. The summed E-state index contributed by atoms with van der Waals surface area (Å²) >= 11 is 5.38. The average molecular weight is 293 g/mol. The molecule has 1 aliphatic heterocycles. The fourth-order valence-electron chi connectivity index (χ4n) is 3.06. The molecule has 2 heterocycles. The molecule has 2 aromatic rings. The third kappa shape index (κ3) is 2.52. The lowest BCUT2D eigenvalue weighted by atomic mass is 10.1. The number of nitrogens with zero attached hydrogens (tertiary/aromatic N) is 2. The van der Waals surface area contributed by atoms with Crippen LogP contribution in [0.15, 0.2) is 18.2 Å². The van der Waals surface area contributed by atoms with Gasteiger partial charge in [-0.1, -0.05) is 0 Å². The van der Waals surface area contributed by atoms with Crippen molar-refractivity contribution in [2.45, 2.75) is 32.9 Å². The van der Waals surface area contributed by atoms with E-state index >= 15 is 0 Å². The summed E-state index contributed by atoms with van der Waals surface area (Å²) in [4.78, 5) is 5.60. The molecule has 0 saturated carbocycles. The normalized spacial score (nSPS) is 20.3. The summed E-state index contributed by atoms with van der Waals surface area (Å²) in [6, 6.07) is 5.42. The van der Waals surface area contributed by atoms with Gasteiger partial charge < -0.3 is 14.5 Å². The number of fused-ring (bicyclic) bond motifs is 1. The first-order valence-corrected chi connectivity index (χ1v) is 7.57. The molecule has 0 spiro atoms. The quantitative estimate of drug-likeness (QED) is 0.875. The van der Waals surface area contributed by atoms with E-state index in [1.165, 1.54) is 18.6 Å². The number of hydrogen-bond acceptors (Lipinski definition) is 2. The molecule has 20 heavy (non-hydrogen) atoms. The Morgan fingerprint density at radius 1 is 1.45 bits per heavy atom. The van der Waals surface area contributed by atoms with Crippen molar-refractivity contribution in [1.82, 2.24) is 14.5 Å². The van der Waals surface area contributed by atoms with Crippen molar-refractivity contribution in [3.05, 3.63) is 28.8 Å². The highest BCUT2D eigenvalue weighted by molar-refractivity contribution is 7.71. The molecule has 1 unspecified atom stereocenters. The Bertz CT molecular complexity index is 673. The molecule has 1 saturated heterocycles. The van der Waals surface area contributed by atoms with Crippen LogP contribution in [0.1, 0.15) is 20.3 Å². The van der Waals surface area contributed by atoms with Gasteiger partial charge in [-0.15, -0.1) is 0 Å². The maximum Gasteiger partial charge on any atom is 0.178 e. The minimum atomic E-state index is -0.229. The second kappa shape index (κ2) is 5.30. The first kappa shape index (κ1) is 13.8. The molecular formula is C15H20FN3S. The van der Waals surface area contributed by atoms with Gasteiger partial charge in [0.1, 0.15) is 5.82 Å². The lowest BCUT2D eigenvalue weighted by molar-refractivity contribution is 0.261. The van der Waals surface area contributed by atoms with Crippen LogP contribution in [0.25, 0.3) is 11.0 Å². The van der Waals surface area contributed by atoms with Crippen LogP contribution in [0.3, 0.4) is 0 Å². The zero-order valence-corrected chi connectivity index (χ0v) is 12.7. The van der Waals surface area contributed by atoms with Crippen LogP contribution in [-0.4, -0.2) is 33.6 Å². The van der Waals surface area contributed by atoms with Gasteiger partial charge in [-0.05, 0) is 63.1 Å². The van der Waals surface area contributed by atoms with Crippen molar-refractivity contribution >= 4 is 23.3 Å². The number of aromatic amines is 1. The molecular weight excluding hydrogens is 273 g/mol. The zero-order valence-electron chi connectivity index (χ0n) is 11.9. The molecule has 0 radical (unpaired) electrons. The van der Waals surface area contributed by atoms with Gasteiger partial charge in [0.15, 0.2) is 4.77 Å². The summed E-state index contributed by atoms with van der Waals surface area (Å²) in [6.07, 6.45) is 1.20. The Hall–Kier alpha value is -1.20. The van der Waals surface area contributed by atoms with E-state index in [2.05, 4.69) is 28.3 Å². The summed E-state index contributed by atoms with van der Waals surface area (Å²) in [7, 11) is 0. The maximum absolute atomic E-state index is 13.3. The van der Waals surface area contributed by atoms with Gasteiger partial charge in [-0.25, -0.2) is 4.39 Å². The van der Waals surface area contributed by atoms with Gasteiger partial charge >= 0.3 is 0 Å². The first-order chi connectivity index (χ1) is 9.54. The van der Waals surface area contributed by atoms with Gasteiger partial charge in [0.25, 0.3) is 0 Å². The maximum atomic E-state index is 13.3. The van der Waals surface area contributed by atoms with E-state index in [0.717, 1.165) is 30.7 Å². The number of rotatable bonds is 3. The van der Waals surface area contributed by atoms with Gasteiger partial charge in [-0.3, -0.25) is 0 Å². The van der Waals surface area contributed by atoms with Crippen LogP contribution >= 0.6 is 12.2 Å². The van der Waals surface area contributed by atoms with Crippen molar-refractivity contribution in [1.29, 1.82) is 0 Å². The summed E-state index contributed by atoms with van der Waals surface area (Å²) in [5.74, 6) is 0.390. The van der Waals surface area contributed by atoms with E-state index in [4.69, 9.17) is 12.2 Å². The van der Waals surface area contributed by atoms with E-state index in [1.807, 2.05) is 6.07 Å². The number of aromatic nitrogens is 2. The van der Waals surface area contributed by atoms with E-state index in [9.17, 15) is 4.39 Å². The minimum Gasteiger partial charge on any atom is -0.330 e. The van der Waals surface area contributed by atoms with Crippen molar-refractivity contribution in [2.75, 3.05) is 13.1 Å². The highest BCUT2D eigenvalue weighted by atomic mass is 32.1.